The summed E-state index contributed by atoms with van der Waals surface area (Å²) >= 11 is 0. The first-order chi connectivity index (χ1) is 12.0. The van der Waals surface area contributed by atoms with E-state index in [9.17, 15) is 24.8 Å². The summed E-state index contributed by atoms with van der Waals surface area (Å²) in [5, 5.41) is 26.3. The number of rotatable bonds is 6. The van der Waals surface area contributed by atoms with Gasteiger partial charge in [0.1, 0.15) is 5.75 Å². The van der Waals surface area contributed by atoms with Crippen molar-refractivity contribution in [2.45, 2.75) is 0 Å². The number of benzene rings is 2. The predicted octanol–water partition coefficient (Wildman–Crippen LogP) is 1.18. The third-order valence-corrected chi connectivity index (χ3v) is 3.08. The SMILES string of the molecule is O=C(CNC(=O)c1ccccc1O)NN=Cc1ccccc1[N+](=O)[O-]. The third-order valence-electron chi connectivity index (χ3n) is 3.08. The molecule has 0 spiro atoms. The summed E-state index contributed by atoms with van der Waals surface area (Å²) in [5.41, 5.74) is 2.27. The molecule has 128 valence electrons. The van der Waals surface area contributed by atoms with Gasteiger partial charge in [0.25, 0.3) is 17.5 Å². The standard InChI is InChI=1S/C16H14N4O5/c21-14-8-4-2-6-12(14)16(23)17-10-15(22)19-18-9-11-5-1-3-7-13(11)20(24)25/h1-9,21H,10H2,(H,17,23)(H,19,22). The third kappa shape index (κ3) is 4.86. The molecule has 2 aromatic rings. The van der Waals surface area contributed by atoms with Crippen LogP contribution in [0.15, 0.2) is 53.6 Å². The summed E-state index contributed by atoms with van der Waals surface area (Å²) in [7, 11) is 0. The number of para-hydroxylation sites is 2. The Balaban J connectivity index is 1.88. The highest BCUT2D eigenvalue weighted by atomic mass is 16.6. The molecular weight excluding hydrogens is 328 g/mol. The number of nitro benzene ring substituents is 1. The molecule has 2 rings (SSSR count). The highest BCUT2D eigenvalue weighted by molar-refractivity contribution is 5.98. The highest BCUT2D eigenvalue weighted by Crippen LogP contribution is 2.15. The van der Waals surface area contributed by atoms with Crippen LogP contribution in [-0.4, -0.2) is 34.6 Å². The molecular formula is C16H14N4O5. The van der Waals surface area contributed by atoms with Crippen molar-refractivity contribution in [1.82, 2.24) is 10.7 Å². The van der Waals surface area contributed by atoms with E-state index in [1.54, 1.807) is 18.2 Å². The first-order valence-electron chi connectivity index (χ1n) is 7.10. The average Bonchev–Trinajstić information content (AvgIpc) is 2.60. The van der Waals surface area contributed by atoms with Crippen LogP contribution in [0.25, 0.3) is 0 Å². The van der Waals surface area contributed by atoms with E-state index in [-0.39, 0.29) is 29.1 Å². The normalized spacial score (nSPS) is 10.4. The Kier molecular flexibility index (Phi) is 5.77. The lowest BCUT2D eigenvalue weighted by molar-refractivity contribution is -0.385. The van der Waals surface area contributed by atoms with Crippen molar-refractivity contribution in [3.05, 3.63) is 69.8 Å². The van der Waals surface area contributed by atoms with Crippen LogP contribution < -0.4 is 10.7 Å². The van der Waals surface area contributed by atoms with Gasteiger partial charge in [0.05, 0.1) is 28.8 Å². The topological polar surface area (TPSA) is 134 Å². The Morgan fingerprint density at radius 3 is 2.56 bits per heavy atom. The summed E-state index contributed by atoms with van der Waals surface area (Å²) in [6.45, 7) is -0.374. The zero-order valence-corrected chi connectivity index (χ0v) is 12.9. The van der Waals surface area contributed by atoms with E-state index in [2.05, 4.69) is 15.8 Å². The van der Waals surface area contributed by atoms with E-state index >= 15 is 0 Å². The minimum atomic E-state index is -0.626. The maximum absolute atomic E-state index is 11.8. The zero-order chi connectivity index (χ0) is 18.2. The number of nitro groups is 1. The molecule has 2 aromatic carbocycles. The Labute approximate surface area is 142 Å². The van der Waals surface area contributed by atoms with Crippen LogP contribution in [0.2, 0.25) is 0 Å². The second-order valence-corrected chi connectivity index (χ2v) is 4.81. The van der Waals surface area contributed by atoms with Crippen molar-refractivity contribution in [2.24, 2.45) is 5.10 Å². The van der Waals surface area contributed by atoms with Crippen LogP contribution in [0, 0.1) is 10.1 Å². The lowest BCUT2D eigenvalue weighted by Gasteiger charge is -2.05. The maximum atomic E-state index is 11.8. The molecule has 2 amide bonds. The first-order valence-corrected chi connectivity index (χ1v) is 7.10. The lowest BCUT2D eigenvalue weighted by Crippen LogP contribution is -2.34. The Hall–Kier alpha value is -3.75. The van der Waals surface area contributed by atoms with Gasteiger partial charge in [-0.3, -0.25) is 19.7 Å². The zero-order valence-electron chi connectivity index (χ0n) is 12.9. The van der Waals surface area contributed by atoms with Crippen LogP contribution in [0.3, 0.4) is 0 Å². The van der Waals surface area contributed by atoms with Crippen molar-refractivity contribution in [1.29, 1.82) is 0 Å². The Bertz CT molecular complexity index is 835. The van der Waals surface area contributed by atoms with Gasteiger partial charge in [0, 0.05) is 6.07 Å². The van der Waals surface area contributed by atoms with E-state index in [4.69, 9.17) is 0 Å². The largest absolute Gasteiger partial charge is 0.507 e. The Morgan fingerprint density at radius 2 is 1.84 bits per heavy atom. The number of phenolic OH excluding ortho intramolecular Hbond substituents is 1. The number of amides is 2. The van der Waals surface area contributed by atoms with E-state index in [1.807, 2.05) is 0 Å². The molecule has 0 aliphatic carbocycles. The van der Waals surface area contributed by atoms with Crippen molar-refractivity contribution >= 4 is 23.7 Å². The van der Waals surface area contributed by atoms with Crippen molar-refractivity contribution in [2.75, 3.05) is 6.54 Å². The van der Waals surface area contributed by atoms with E-state index in [0.29, 0.717) is 0 Å². The van der Waals surface area contributed by atoms with Gasteiger partial charge in [-0.1, -0.05) is 24.3 Å². The van der Waals surface area contributed by atoms with Gasteiger partial charge >= 0.3 is 0 Å². The van der Waals surface area contributed by atoms with Crippen LogP contribution in [-0.2, 0) is 4.79 Å². The maximum Gasteiger partial charge on any atom is 0.278 e. The van der Waals surface area contributed by atoms with Crippen LogP contribution in [0.1, 0.15) is 15.9 Å². The van der Waals surface area contributed by atoms with Gasteiger partial charge in [-0.2, -0.15) is 5.10 Å². The molecule has 0 bridgehead atoms. The van der Waals surface area contributed by atoms with Crippen molar-refractivity contribution in [3.63, 3.8) is 0 Å². The van der Waals surface area contributed by atoms with Crippen LogP contribution >= 0.6 is 0 Å². The van der Waals surface area contributed by atoms with E-state index < -0.39 is 16.7 Å². The molecule has 0 radical (unpaired) electrons. The molecule has 0 aromatic heterocycles. The average molecular weight is 342 g/mol. The number of carbonyl (C=O) groups excluding carboxylic acids is 2. The number of nitrogens with one attached hydrogen (secondary N) is 2. The first kappa shape index (κ1) is 17.6. The molecule has 0 saturated carbocycles. The predicted molar refractivity (Wildman–Crippen MR) is 89.3 cm³/mol. The number of hydrogen-bond acceptors (Lipinski definition) is 6. The van der Waals surface area contributed by atoms with E-state index in [1.165, 1.54) is 30.3 Å². The van der Waals surface area contributed by atoms with Gasteiger partial charge in [-0.05, 0) is 18.2 Å². The van der Waals surface area contributed by atoms with Crippen LogP contribution in [0.5, 0.6) is 5.75 Å². The summed E-state index contributed by atoms with van der Waals surface area (Å²) in [6.07, 6.45) is 1.14. The van der Waals surface area contributed by atoms with Gasteiger partial charge in [-0.25, -0.2) is 5.43 Å². The summed E-state index contributed by atoms with van der Waals surface area (Å²) < 4.78 is 0. The fourth-order valence-electron chi connectivity index (χ4n) is 1.90. The van der Waals surface area contributed by atoms with Crippen molar-refractivity contribution < 1.29 is 19.6 Å². The van der Waals surface area contributed by atoms with Gasteiger partial charge in [-0.15, -0.1) is 0 Å². The fourth-order valence-corrected chi connectivity index (χ4v) is 1.90. The quantitative estimate of drug-likeness (QED) is 0.412. The lowest BCUT2D eigenvalue weighted by atomic mass is 10.2. The summed E-state index contributed by atoms with van der Waals surface area (Å²) in [5.74, 6) is -1.44. The molecule has 0 saturated heterocycles. The second-order valence-electron chi connectivity index (χ2n) is 4.81. The fraction of sp³-hybridized carbons (Fsp3) is 0.0625. The molecule has 3 N–H and O–H groups in total. The molecule has 0 unspecified atom stereocenters. The van der Waals surface area contributed by atoms with Gasteiger partial charge in [0.15, 0.2) is 0 Å². The summed E-state index contributed by atoms with van der Waals surface area (Å²) in [4.78, 5) is 33.7. The molecule has 0 heterocycles. The number of carbonyl (C=O) groups is 2. The Morgan fingerprint density at radius 1 is 1.16 bits per heavy atom. The summed E-state index contributed by atoms with van der Waals surface area (Å²) in [6, 6.07) is 11.8. The number of aromatic hydroxyl groups is 1. The molecule has 0 aliphatic heterocycles. The second kappa shape index (κ2) is 8.20. The number of nitrogens with zero attached hydrogens (tertiary/aromatic N) is 2. The van der Waals surface area contributed by atoms with Crippen LogP contribution in [0.4, 0.5) is 5.69 Å². The van der Waals surface area contributed by atoms with Gasteiger partial charge in [0.2, 0.25) is 0 Å². The molecule has 9 nitrogen and oxygen atoms in total. The van der Waals surface area contributed by atoms with E-state index in [0.717, 1.165) is 6.21 Å². The van der Waals surface area contributed by atoms with Crippen molar-refractivity contribution in [3.8, 4) is 5.75 Å². The smallest absolute Gasteiger partial charge is 0.278 e. The molecule has 0 atom stereocenters. The minimum Gasteiger partial charge on any atom is -0.507 e. The number of phenols is 1. The molecule has 9 heteroatoms. The minimum absolute atomic E-state index is 0.0405. The monoisotopic (exact) mass is 342 g/mol. The highest BCUT2D eigenvalue weighted by Gasteiger charge is 2.12. The number of hydrazone groups is 1. The molecule has 0 aliphatic rings. The van der Waals surface area contributed by atoms with Gasteiger partial charge < -0.3 is 10.4 Å². The molecule has 25 heavy (non-hydrogen) atoms. The molecule has 0 fully saturated rings. The number of hydrogen-bond donors (Lipinski definition) is 3.